The lowest BCUT2D eigenvalue weighted by molar-refractivity contribution is -0.118. The maximum absolute atomic E-state index is 12.3. The zero-order valence-electron chi connectivity index (χ0n) is 16.9. The maximum atomic E-state index is 12.3. The molecule has 5 nitrogen and oxygen atoms in total. The Morgan fingerprint density at radius 2 is 1.83 bits per heavy atom. The van der Waals surface area contributed by atoms with Crippen LogP contribution in [-0.2, 0) is 4.79 Å². The normalized spacial score (nSPS) is 14.4. The minimum atomic E-state index is -0.184. The number of fused-ring (bicyclic) bond motifs is 1. The minimum absolute atomic E-state index is 0.0529. The number of nitrogens with one attached hydrogen (secondary N) is 1. The molecule has 1 fully saturated rings. The van der Waals surface area contributed by atoms with E-state index in [2.05, 4.69) is 22.3 Å². The number of anilines is 2. The highest BCUT2D eigenvalue weighted by Crippen LogP contribution is 2.27. The number of aryl methyl sites for hydroxylation is 1. The number of pyridine rings is 1. The number of carbonyl (C=O) groups excluding carboxylic acids is 1. The van der Waals surface area contributed by atoms with Crippen molar-refractivity contribution in [2.24, 2.45) is 0 Å². The molecule has 29 heavy (non-hydrogen) atoms. The van der Waals surface area contributed by atoms with Gasteiger partial charge in [0.25, 0.3) is 5.91 Å². The molecule has 1 aliphatic rings. The van der Waals surface area contributed by atoms with Gasteiger partial charge < -0.3 is 15.0 Å². The van der Waals surface area contributed by atoms with Gasteiger partial charge in [0, 0.05) is 24.2 Å². The highest BCUT2D eigenvalue weighted by Gasteiger charge is 2.13. The molecule has 1 saturated heterocycles. The molecule has 2 aromatic carbocycles. The summed E-state index contributed by atoms with van der Waals surface area (Å²) in [5.41, 5.74) is 2.68. The summed E-state index contributed by atoms with van der Waals surface area (Å²) in [6, 6.07) is 17.7. The fraction of sp³-hybridized carbons (Fsp3) is 0.333. The molecule has 0 aliphatic carbocycles. The number of hydrogen-bond acceptors (Lipinski definition) is 4. The summed E-state index contributed by atoms with van der Waals surface area (Å²) < 4.78 is 5.86. The first-order valence-electron chi connectivity index (χ1n) is 10.3. The number of nitrogens with zero attached hydrogens (tertiary/aromatic N) is 2. The van der Waals surface area contributed by atoms with Gasteiger partial charge in [0.2, 0.25) is 0 Å². The van der Waals surface area contributed by atoms with Gasteiger partial charge >= 0.3 is 0 Å². The first kappa shape index (κ1) is 19.2. The van der Waals surface area contributed by atoms with E-state index in [9.17, 15) is 4.79 Å². The summed E-state index contributed by atoms with van der Waals surface area (Å²) in [6.45, 7) is 4.03. The van der Waals surface area contributed by atoms with Crippen LogP contribution in [0.4, 0.5) is 11.5 Å². The molecule has 0 atom stereocenters. The summed E-state index contributed by atoms with van der Waals surface area (Å²) in [5.74, 6) is 1.44. The Morgan fingerprint density at radius 1 is 1.03 bits per heavy atom. The van der Waals surface area contributed by atoms with Crippen LogP contribution in [0.2, 0.25) is 0 Å². The molecule has 1 aromatic heterocycles. The molecule has 4 rings (SSSR count). The van der Waals surface area contributed by atoms with E-state index in [1.165, 1.54) is 25.7 Å². The van der Waals surface area contributed by atoms with Gasteiger partial charge in [0.1, 0.15) is 17.1 Å². The molecule has 2 heterocycles. The number of aromatic nitrogens is 1. The van der Waals surface area contributed by atoms with E-state index in [0.717, 1.165) is 41.1 Å². The smallest absolute Gasteiger partial charge is 0.262 e. The molecule has 0 spiro atoms. The van der Waals surface area contributed by atoms with E-state index in [1.807, 2.05) is 49.4 Å². The number of benzene rings is 2. The third-order valence-corrected chi connectivity index (χ3v) is 5.26. The quantitative estimate of drug-likeness (QED) is 0.671. The molecule has 5 heteroatoms. The first-order chi connectivity index (χ1) is 14.2. The number of rotatable bonds is 5. The van der Waals surface area contributed by atoms with Crippen molar-refractivity contribution in [2.45, 2.75) is 32.6 Å². The zero-order chi connectivity index (χ0) is 20.1. The van der Waals surface area contributed by atoms with Crippen LogP contribution in [0, 0.1) is 6.92 Å². The fourth-order valence-electron chi connectivity index (χ4n) is 3.77. The van der Waals surface area contributed by atoms with Gasteiger partial charge in [-0.15, -0.1) is 0 Å². The molecule has 1 N–H and O–H groups in total. The van der Waals surface area contributed by atoms with Crippen molar-refractivity contribution in [3.05, 3.63) is 60.2 Å². The lowest BCUT2D eigenvalue weighted by Crippen LogP contribution is -2.24. The number of hydrogen-bond donors (Lipinski definition) is 1. The number of carbonyl (C=O) groups is 1. The van der Waals surface area contributed by atoms with Crippen molar-refractivity contribution in [1.29, 1.82) is 0 Å². The fourth-order valence-corrected chi connectivity index (χ4v) is 3.77. The molecule has 0 unspecified atom stereocenters. The van der Waals surface area contributed by atoms with E-state index in [-0.39, 0.29) is 12.5 Å². The van der Waals surface area contributed by atoms with Crippen LogP contribution in [0.25, 0.3) is 10.9 Å². The van der Waals surface area contributed by atoms with Crippen LogP contribution in [0.3, 0.4) is 0 Å². The van der Waals surface area contributed by atoms with Crippen molar-refractivity contribution in [2.75, 3.05) is 29.9 Å². The van der Waals surface area contributed by atoms with Crippen LogP contribution in [-0.4, -0.2) is 30.6 Å². The van der Waals surface area contributed by atoms with Crippen LogP contribution in [0.15, 0.2) is 54.6 Å². The molecular weight excluding hydrogens is 362 g/mol. The lowest BCUT2D eigenvalue weighted by atomic mass is 10.2. The largest absolute Gasteiger partial charge is 0.481 e. The average molecular weight is 389 g/mol. The Hall–Kier alpha value is -3.08. The molecule has 0 radical (unpaired) electrons. The molecule has 3 aromatic rings. The van der Waals surface area contributed by atoms with Crippen molar-refractivity contribution >= 4 is 28.3 Å². The van der Waals surface area contributed by atoms with Crippen molar-refractivity contribution in [1.82, 2.24) is 4.98 Å². The summed E-state index contributed by atoms with van der Waals surface area (Å²) in [6.07, 6.45) is 4.98. The van der Waals surface area contributed by atoms with Crippen molar-refractivity contribution in [3.8, 4) is 5.75 Å². The summed E-state index contributed by atoms with van der Waals surface area (Å²) in [7, 11) is 0. The topological polar surface area (TPSA) is 54.5 Å². The van der Waals surface area contributed by atoms with Crippen LogP contribution < -0.4 is 15.0 Å². The van der Waals surface area contributed by atoms with Gasteiger partial charge in [-0.25, -0.2) is 4.98 Å². The highest BCUT2D eigenvalue weighted by molar-refractivity contribution is 5.92. The van der Waals surface area contributed by atoms with E-state index in [1.54, 1.807) is 0 Å². The molecule has 1 amide bonds. The highest BCUT2D eigenvalue weighted by atomic mass is 16.5. The number of ether oxygens (including phenoxy) is 1. The van der Waals surface area contributed by atoms with E-state index >= 15 is 0 Å². The van der Waals surface area contributed by atoms with Gasteiger partial charge in [-0.1, -0.05) is 37.1 Å². The molecule has 1 aliphatic heterocycles. The second-order valence-electron chi connectivity index (χ2n) is 7.60. The Kier molecular flexibility index (Phi) is 5.94. The van der Waals surface area contributed by atoms with Crippen LogP contribution in [0.5, 0.6) is 5.75 Å². The van der Waals surface area contributed by atoms with Crippen LogP contribution >= 0.6 is 0 Å². The lowest BCUT2D eigenvalue weighted by Gasteiger charge is -2.22. The monoisotopic (exact) mass is 389 g/mol. The standard InChI is InChI=1S/C24H27N3O2/c1-18-8-6-10-20(16-18)25-23(28)17-29-21-11-7-9-19-12-13-22(26-24(19)21)27-14-4-2-3-5-15-27/h6-13,16H,2-5,14-15,17H2,1H3,(H,25,28). The van der Waals surface area contributed by atoms with Crippen molar-refractivity contribution in [3.63, 3.8) is 0 Å². The van der Waals surface area contributed by atoms with Crippen molar-refractivity contribution < 1.29 is 9.53 Å². The van der Waals surface area contributed by atoms with E-state index in [4.69, 9.17) is 9.72 Å². The summed E-state index contributed by atoms with van der Waals surface area (Å²) in [5, 5.41) is 3.89. The van der Waals surface area contributed by atoms with Gasteiger partial charge in [-0.05, 0) is 55.7 Å². The maximum Gasteiger partial charge on any atom is 0.262 e. The van der Waals surface area contributed by atoms with Gasteiger partial charge in [-0.2, -0.15) is 0 Å². The van der Waals surface area contributed by atoms with E-state index < -0.39 is 0 Å². The Morgan fingerprint density at radius 3 is 2.62 bits per heavy atom. The van der Waals surface area contributed by atoms with Gasteiger partial charge in [0.05, 0.1) is 0 Å². The summed E-state index contributed by atoms with van der Waals surface area (Å²) >= 11 is 0. The van der Waals surface area contributed by atoms with Crippen LogP contribution in [0.1, 0.15) is 31.2 Å². The summed E-state index contributed by atoms with van der Waals surface area (Å²) in [4.78, 5) is 19.6. The first-order valence-corrected chi connectivity index (χ1v) is 10.3. The molecule has 150 valence electrons. The second kappa shape index (κ2) is 8.95. The minimum Gasteiger partial charge on any atom is -0.481 e. The zero-order valence-corrected chi connectivity index (χ0v) is 16.9. The second-order valence-corrected chi connectivity index (χ2v) is 7.60. The molecule has 0 saturated carbocycles. The van der Waals surface area contributed by atoms with Gasteiger partial charge in [0.15, 0.2) is 6.61 Å². The van der Waals surface area contributed by atoms with Gasteiger partial charge in [-0.3, -0.25) is 4.79 Å². The number of para-hydroxylation sites is 1. The average Bonchev–Trinajstić information content (AvgIpc) is 3.01. The molecule has 0 bridgehead atoms. The SMILES string of the molecule is Cc1cccc(NC(=O)COc2cccc3ccc(N4CCCCCC4)nc23)c1. The third kappa shape index (κ3) is 4.86. The Labute approximate surface area is 171 Å². The Bertz CT molecular complexity index is 994. The predicted octanol–water partition coefficient (Wildman–Crippen LogP) is 4.94. The number of amides is 1. The van der Waals surface area contributed by atoms with E-state index in [0.29, 0.717) is 5.75 Å². The predicted molar refractivity (Wildman–Crippen MR) is 118 cm³/mol. The molecular formula is C24H27N3O2. The third-order valence-electron chi connectivity index (χ3n) is 5.26. The Balaban J connectivity index is 1.49.